The van der Waals surface area contributed by atoms with E-state index in [0.717, 1.165) is 11.3 Å². The fourth-order valence-electron chi connectivity index (χ4n) is 2.98. The van der Waals surface area contributed by atoms with Gasteiger partial charge in [-0.05, 0) is 36.6 Å². The van der Waals surface area contributed by atoms with Crippen LogP contribution in [-0.4, -0.2) is 23.0 Å². The molecule has 2 aromatic rings. The van der Waals surface area contributed by atoms with Gasteiger partial charge in [-0.1, -0.05) is 36.4 Å². The first-order chi connectivity index (χ1) is 10.7. The maximum absolute atomic E-state index is 12.8. The molecule has 1 atom stereocenters. The van der Waals surface area contributed by atoms with Crippen molar-refractivity contribution in [1.82, 2.24) is 0 Å². The molecule has 0 saturated heterocycles. The molecule has 1 N–H and O–H groups in total. The minimum atomic E-state index is -0.830. The van der Waals surface area contributed by atoms with Gasteiger partial charge in [-0.2, -0.15) is 0 Å². The Morgan fingerprint density at radius 1 is 1.05 bits per heavy atom. The fraction of sp³-hybridized carbons (Fsp3) is 0.222. The molecule has 0 radical (unpaired) electrons. The second-order valence-electron chi connectivity index (χ2n) is 5.46. The van der Waals surface area contributed by atoms with Gasteiger partial charge in [0, 0.05) is 23.7 Å². The lowest BCUT2D eigenvalue weighted by Crippen LogP contribution is -2.38. The first-order valence-corrected chi connectivity index (χ1v) is 7.35. The van der Waals surface area contributed by atoms with Crippen LogP contribution in [0.15, 0.2) is 54.6 Å². The molecule has 1 aliphatic rings. The highest BCUT2D eigenvalue weighted by molar-refractivity contribution is 6.07. The lowest BCUT2D eigenvalue weighted by molar-refractivity contribution is -0.137. The summed E-state index contributed by atoms with van der Waals surface area (Å²) < 4.78 is 0. The summed E-state index contributed by atoms with van der Waals surface area (Å²) in [6, 6.07) is 16.8. The van der Waals surface area contributed by atoms with Gasteiger partial charge in [-0.3, -0.25) is 9.59 Å². The largest absolute Gasteiger partial charge is 0.481 e. The number of benzene rings is 2. The van der Waals surface area contributed by atoms with E-state index in [1.165, 1.54) is 0 Å². The van der Waals surface area contributed by atoms with E-state index in [1.54, 1.807) is 17.0 Å². The molecule has 1 unspecified atom stereocenters. The van der Waals surface area contributed by atoms with Crippen molar-refractivity contribution < 1.29 is 14.7 Å². The van der Waals surface area contributed by atoms with E-state index in [9.17, 15) is 9.59 Å². The molecule has 0 aliphatic carbocycles. The third kappa shape index (κ3) is 2.72. The van der Waals surface area contributed by atoms with Crippen LogP contribution in [0.5, 0.6) is 0 Å². The molecule has 0 bridgehead atoms. The molecule has 4 heteroatoms. The first kappa shape index (κ1) is 14.3. The molecule has 0 aromatic heterocycles. The molecule has 0 spiro atoms. The minimum Gasteiger partial charge on any atom is -0.481 e. The van der Waals surface area contributed by atoms with E-state index >= 15 is 0 Å². The minimum absolute atomic E-state index is 0.0667. The Bertz CT molecular complexity index is 696. The van der Waals surface area contributed by atoms with Gasteiger partial charge in [-0.25, -0.2) is 0 Å². The van der Waals surface area contributed by atoms with Crippen LogP contribution in [0.4, 0.5) is 5.69 Å². The van der Waals surface area contributed by atoms with Crippen molar-refractivity contribution in [3.05, 3.63) is 65.7 Å². The van der Waals surface area contributed by atoms with Crippen LogP contribution in [0, 0.1) is 0 Å². The summed E-state index contributed by atoms with van der Waals surface area (Å²) in [6.07, 6.45) is 1.24. The summed E-state index contributed by atoms with van der Waals surface area (Å²) in [5.74, 6) is -0.899. The second-order valence-corrected chi connectivity index (χ2v) is 5.46. The molecule has 0 fully saturated rings. The number of fused-ring (bicyclic) bond motifs is 1. The molecular formula is C18H17NO3. The molecule has 112 valence electrons. The topological polar surface area (TPSA) is 57.6 Å². The lowest BCUT2D eigenvalue weighted by atomic mass is 10.1. The van der Waals surface area contributed by atoms with Crippen molar-refractivity contribution in [1.29, 1.82) is 0 Å². The van der Waals surface area contributed by atoms with Crippen molar-refractivity contribution in [3.63, 3.8) is 0 Å². The summed E-state index contributed by atoms with van der Waals surface area (Å²) in [5.41, 5.74) is 2.62. The smallest absolute Gasteiger partial charge is 0.303 e. The number of nitrogens with zero attached hydrogens (tertiary/aromatic N) is 1. The molecule has 22 heavy (non-hydrogen) atoms. The summed E-state index contributed by atoms with van der Waals surface area (Å²) >= 11 is 0. The van der Waals surface area contributed by atoms with Crippen LogP contribution < -0.4 is 4.90 Å². The van der Waals surface area contributed by atoms with Crippen molar-refractivity contribution in [2.24, 2.45) is 0 Å². The van der Waals surface area contributed by atoms with Crippen LogP contribution >= 0.6 is 0 Å². The molecular weight excluding hydrogens is 278 g/mol. The third-order valence-corrected chi connectivity index (χ3v) is 4.00. The highest BCUT2D eigenvalue weighted by Gasteiger charge is 2.34. The van der Waals surface area contributed by atoms with Crippen LogP contribution in [0.25, 0.3) is 0 Å². The molecule has 4 nitrogen and oxygen atoms in total. The van der Waals surface area contributed by atoms with Crippen LogP contribution in [0.1, 0.15) is 28.8 Å². The van der Waals surface area contributed by atoms with E-state index in [-0.39, 0.29) is 18.4 Å². The molecule has 0 saturated carbocycles. The van der Waals surface area contributed by atoms with E-state index in [0.29, 0.717) is 18.4 Å². The normalized spacial score (nSPS) is 16.4. The van der Waals surface area contributed by atoms with E-state index < -0.39 is 5.97 Å². The van der Waals surface area contributed by atoms with Crippen molar-refractivity contribution in [2.45, 2.75) is 25.3 Å². The van der Waals surface area contributed by atoms with Gasteiger partial charge in [0.1, 0.15) is 0 Å². The number of amides is 1. The van der Waals surface area contributed by atoms with Crippen molar-refractivity contribution >= 4 is 17.6 Å². The van der Waals surface area contributed by atoms with Gasteiger partial charge in [0.2, 0.25) is 0 Å². The van der Waals surface area contributed by atoms with Gasteiger partial charge in [-0.15, -0.1) is 0 Å². The number of anilines is 1. The zero-order valence-corrected chi connectivity index (χ0v) is 12.1. The second kappa shape index (κ2) is 6.02. The number of para-hydroxylation sites is 1. The number of carboxylic acid groups (broad SMARTS) is 1. The highest BCUT2D eigenvalue weighted by Crippen LogP contribution is 2.35. The van der Waals surface area contributed by atoms with E-state index in [1.807, 2.05) is 42.5 Å². The fourth-order valence-corrected chi connectivity index (χ4v) is 2.98. The van der Waals surface area contributed by atoms with E-state index in [4.69, 9.17) is 5.11 Å². The van der Waals surface area contributed by atoms with Gasteiger partial charge >= 0.3 is 5.97 Å². The average molecular weight is 295 g/mol. The Morgan fingerprint density at radius 2 is 1.73 bits per heavy atom. The highest BCUT2D eigenvalue weighted by atomic mass is 16.4. The Hall–Kier alpha value is -2.62. The van der Waals surface area contributed by atoms with Crippen molar-refractivity contribution in [2.75, 3.05) is 4.90 Å². The average Bonchev–Trinajstić information content (AvgIpc) is 2.91. The maximum Gasteiger partial charge on any atom is 0.303 e. The predicted molar refractivity (Wildman–Crippen MR) is 84.1 cm³/mol. The van der Waals surface area contributed by atoms with Gasteiger partial charge in [0.05, 0.1) is 0 Å². The summed E-state index contributed by atoms with van der Waals surface area (Å²) in [6.45, 7) is 0. The van der Waals surface area contributed by atoms with E-state index in [2.05, 4.69) is 0 Å². The number of rotatable bonds is 4. The molecule has 1 heterocycles. The number of carbonyl (C=O) groups is 2. The Morgan fingerprint density at radius 3 is 2.45 bits per heavy atom. The Kier molecular flexibility index (Phi) is 3.92. The number of carbonyl (C=O) groups excluding carboxylic acids is 1. The molecule has 1 amide bonds. The molecule has 3 rings (SSSR count). The lowest BCUT2D eigenvalue weighted by Gasteiger charge is -2.25. The predicted octanol–water partition coefficient (Wildman–Crippen LogP) is 3.12. The van der Waals surface area contributed by atoms with Gasteiger partial charge < -0.3 is 10.0 Å². The Labute approximate surface area is 129 Å². The van der Waals surface area contributed by atoms with Crippen LogP contribution in [0.2, 0.25) is 0 Å². The molecule has 2 aromatic carbocycles. The summed E-state index contributed by atoms with van der Waals surface area (Å²) in [4.78, 5) is 25.5. The SMILES string of the molecule is O=C(O)CCC1Cc2ccccc2N1C(=O)c1ccccc1. The molecule has 1 aliphatic heterocycles. The maximum atomic E-state index is 12.8. The van der Waals surface area contributed by atoms with Crippen LogP contribution in [0.3, 0.4) is 0 Å². The standard InChI is InChI=1S/C18H17NO3/c20-17(21)11-10-15-12-14-8-4-5-9-16(14)19(15)18(22)13-6-2-1-3-7-13/h1-9,15H,10-12H2,(H,20,21). The number of carboxylic acids is 1. The quantitative estimate of drug-likeness (QED) is 0.942. The summed E-state index contributed by atoms with van der Waals surface area (Å²) in [5, 5.41) is 8.93. The number of hydrogen-bond acceptors (Lipinski definition) is 2. The van der Waals surface area contributed by atoms with Crippen molar-refractivity contribution in [3.8, 4) is 0 Å². The summed E-state index contributed by atoms with van der Waals surface area (Å²) in [7, 11) is 0. The van der Waals surface area contributed by atoms with Gasteiger partial charge in [0.25, 0.3) is 5.91 Å². The van der Waals surface area contributed by atoms with Crippen LogP contribution in [-0.2, 0) is 11.2 Å². The Balaban J connectivity index is 1.92. The van der Waals surface area contributed by atoms with Gasteiger partial charge in [0.15, 0.2) is 0 Å². The monoisotopic (exact) mass is 295 g/mol. The zero-order valence-electron chi connectivity index (χ0n) is 12.1. The number of aliphatic carboxylic acids is 1. The zero-order chi connectivity index (χ0) is 15.5. The number of hydrogen-bond donors (Lipinski definition) is 1. The third-order valence-electron chi connectivity index (χ3n) is 4.00. The first-order valence-electron chi connectivity index (χ1n) is 7.35.